The van der Waals surface area contributed by atoms with Crippen molar-refractivity contribution in [1.82, 2.24) is 9.80 Å². The molecule has 0 bridgehead atoms. The Morgan fingerprint density at radius 1 is 0.957 bits per heavy atom. The van der Waals surface area contributed by atoms with Crippen LogP contribution in [0.1, 0.15) is 10.6 Å². The molecule has 0 radical (unpaired) electrons. The van der Waals surface area contributed by atoms with Crippen LogP contribution in [0.25, 0.3) is 0 Å². The number of nitrogens with zero attached hydrogens (tertiary/aromatic N) is 2. The minimum absolute atomic E-state index is 0.0407. The molecule has 23 heavy (non-hydrogen) atoms. The van der Waals surface area contributed by atoms with Crippen molar-refractivity contribution in [1.29, 1.82) is 0 Å². The van der Waals surface area contributed by atoms with Gasteiger partial charge in [-0.25, -0.2) is 0 Å². The summed E-state index contributed by atoms with van der Waals surface area (Å²) in [5.74, 6) is 0.263. The zero-order chi connectivity index (χ0) is 16.1. The molecule has 1 N–H and O–H groups in total. The maximum Gasteiger partial charge on any atom is 0.289 e. The molecule has 1 aliphatic rings. The Morgan fingerprint density at radius 2 is 1.65 bits per heavy atom. The van der Waals surface area contributed by atoms with Crippen LogP contribution < -0.4 is 5.32 Å². The van der Waals surface area contributed by atoms with Gasteiger partial charge in [0.2, 0.25) is 5.91 Å². The predicted molar refractivity (Wildman–Crippen MR) is 86.1 cm³/mol. The zero-order valence-electron chi connectivity index (χ0n) is 12.8. The van der Waals surface area contributed by atoms with Gasteiger partial charge < -0.3 is 19.5 Å². The number of furan rings is 1. The summed E-state index contributed by atoms with van der Waals surface area (Å²) in [6.45, 7) is 2.40. The van der Waals surface area contributed by atoms with E-state index in [1.807, 2.05) is 30.3 Å². The SMILES string of the molecule is O=C(CNc1ccccc1)N1CCN(C(=O)c2ccco2)CC1. The van der Waals surface area contributed by atoms with Gasteiger partial charge in [0.1, 0.15) is 0 Å². The minimum atomic E-state index is -0.121. The highest BCUT2D eigenvalue weighted by atomic mass is 16.3. The van der Waals surface area contributed by atoms with E-state index in [0.29, 0.717) is 31.9 Å². The topological polar surface area (TPSA) is 65.8 Å². The van der Waals surface area contributed by atoms with E-state index < -0.39 is 0 Å². The lowest BCUT2D eigenvalue weighted by Crippen LogP contribution is -2.51. The van der Waals surface area contributed by atoms with Gasteiger partial charge in [-0.2, -0.15) is 0 Å². The summed E-state index contributed by atoms with van der Waals surface area (Å²) < 4.78 is 5.13. The van der Waals surface area contributed by atoms with Gasteiger partial charge in [-0.15, -0.1) is 0 Å². The summed E-state index contributed by atoms with van der Waals surface area (Å²) in [7, 11) is 0. The number of piperazine rings is 1. The molecule has 2 heterocycles. The number of benzene rings is 1. The quantitative estimate of drug-likeness (QED) is 0.932. The maximum atomic E-state index is 12.2. The molecule has 0 unspecified atom stereocenters. The average molecular weight is 313 g/mol. The highest BCUT2D eigenvalue weighted by molar-refractivity contribution is 5.91. The number of carbonyl (C=O) groups is 2. The Kier molecular flexibility index (Phi) is 4.61. The Labute approximate surface area is 134 Å². The second kappa shape index (κ2) is 7.00. The summed E-state index contributed by atoms with van der Waals surface area (Å²) in [5.41, 5.74) is 0.924. The first kappa shape index (κ1) is 15.1. The predicted octanol–water partition coefficient (Wildman–Crippen LogP) is 1.68. The third-order valence-corrected chi connectivity index (χ3v) is 3.87. The molecule has 0 spiro atoms. The van der Waals surface area contributed by atoms with Gasteiger partial charge >= 0.3 is 0 Å². The van der Waals surface area contributed by atoms with Gasteiger partial charge in [0.05, 0.1) is 12.8 Å². The summed E-state index contributed by atoms with van der Waals surface area (Å²) in [4.78, 5) is 27.9. The Balaban J connectivity index is 1.47. The van der Waals surface area contributed by atoms with Crippen LogP contribution >= 0.6 is 0 Å². The molecule has 6 heteroatoms. The lowest BCUT2D eigenvalue weighted by Gasteiger charge is -2.34. The van der Waals surface area contributed by atoms with Gasteiger partial charge in [-0.05, 0) is 24.3 Å². The van der Waals surface area contributed by atoms with E-state index >= 15 is 0 Å². The molecular formula is C17H19N3O3. The first-order valence-electron chi connectivity index (χ1n) is 7.63. The van der Waals surface area contributed by atoms with Crippen LogP contribution in [0, 0.1) is 0 Å². The van der Waals surface area contributed by atoms with Crippen molar-refractivity contribution in [3.05, 3.63) is 54.5 Å². The number of carbonyl (C=O) groups excluding carboxylic acids is 2. The number of hydrogen-bond donors (Lipinski definition) is 1. The zero-order valence-corrected chi connectivity index (χ0v) is 12.8. The van der Waals surface area contributed by atoms with Crippen molar-refractivity contribution in [3.8, 4) is 0 Å². The lowest BCUT2D eigenvalue weighted by atomic mass is 10.2. The minimum Gasteiger partial charge on any atom is -0.459 e. The number of anilines is 1. The molecule has 0 aliphatic carbocycles. The molecule has 120 valence electrons. The molecule has 1 aromatic heterocycles. The molecule has 0 atom stereocenters. The van der Waals surface area contributed by atoms with Crippen molar-refractivity contribution in [3.63, 3.8) is 0 Å². The highest BCUT2D eigenvalue weighted by Crippen LogP contribution is 2.10. The second-order valence-corrected chi connectivity index (χ2v) is 5.37. The fourth-order valence-corrected chi connectivity index (χ4v) is 2.56. The monoisotopic (exact) mass is 313 g/mol. The van der Waals surface area contributed by atoms with E-state index in [0.717, 1.165) is 5.69 Å². The van der Waals surface area contributed by atoms with Crippen LogP contribution in [0.15, 0.2) is 53.1 Å². The van der Waals surface area contributed by atoms with E-state index in [-0.39, 0.29) is 18.4 Å². The second-order valence-electron chi connectivity index (χ2n) is 5.37. The Bertz CT molecular complexity index is 647. The number of hydrogen-bond acceptors (Lipinski definition) is 4. The molecular weight excluding hydrogens is 294 g/mol. The normalized spacial score (nSPS) is 14.6. The highest BCUT2D eigenvalue weighted by Gasteiger charge is 2.25. The third kappa shape index (κ3) is 3.71. The number of nitrogens with one attached hydrogen (secondary N) is 1. The van der Waals surface area contributed by atoms with Gasteiger partial charge in [-0.3, -0.25) is 9.59 Å². The Hall–Kier alpha value is -2.76. The van der Waals surface area contributed by atoms with E-state index in [1.54, 1.807) is 21.9 Å². The third-order valence-electron chi connectivity index (χ3n) is 3.87. The van der Waals surface area contributed by atoms with Crippen LogP contribution in [0.2, 0.25) is 0 Å². The summed E-state index contributed by atoms with van der Waals surface area (Å²) in [5, 5.41) is 3.11. The van der Waals surface area contributed by atoms with Crippen molar-refractivity contribution in [2.45, 2.75) is 0 Å². The van der Waals surface area contributed by atoms with Crippen LogP contribution in [-0.4, -0.2) is 54.3 Å². The lowest BCUT2D eigenvalue weighted by molar-refractivity contribution is -0.130. The molecule has 1 aliphatic heterocycles. The maximum absolute atomic E-state index is 12.2. The van der Waals surface area contributed by atoms with Gasteiger partial charge in [-0.1, -0.05) is 18.2 Å². The molecule has 6 nitrogen and oxygen atoms in total. The molecule has 1 fully saturated rings. The van der Waals surface area contributed by atoms with Gasteiger partial charge in [0, 0.05) is 31.9 Å². The van der Waals surface area contributed by atoms with E-state index in [4.69, 9.17) is 4.42 Å². The van der Waals surface area contributed by atoms with Crippen molar-refractivity contribution < 1.29 is 14.0 Å². The Morgan fingerprint density at radius 3 is 2.30 bits per heavy atom. The largest absolute Gasteiger partial charge is 0.459 e. The summed E-state index contributed by atoms with van der Waals surface area (Å²) >= 11 is 0. The summed E-state index contributed by atoms with van der Waals surface area (Å²) in [6.07, 6.45) is 1.49. The average Bonchev–Trinajstić information content (AvgIpc) is 3.15. The van der Waals surface area contributed by atoms with E-state index in [1.165, 1.54) is 6.26 Å². The van der Waals surface area contributed by atoms with E-state index in [9.17, 15) is 9.59 Å². The number of para-hydroxylation sites is 1. The van der Waals surface area contributed by atoms with Crippen LogP contribution in [0.5, 0.6) is 0 Å². The number of rotatable bonds is 4. The first-order valence-corrected chi connectivity index (χ1v) is 7.63. The molecule has 2 amide bonds. The molecule has 1 saturated heterocycles. The molecule has 2 aromatic rings. The van der Waals surface area contributed by atoms with Crippen LogP contribution in [0.4, 0.5) is 5.69 Å². The van der Waals surface area contributed by atoms with Crippen molar-refractivity contribution in [2.24, 2.45) is 0 Å². The molecule has 1 aromatic carbocycles. The number of amides is 2. The van der Waals surface area contributed by atoms with E-state index in [2.05, 4.69) is 5.32 Å². The molecule has 0 saturated carbocycles. The molecule has 3 rings (SSSR count). The van der Waals surface area contributed by atoms with Crippen molar-refractivity contribution in [2.75, 3.05) is 38.0 Å². The fourth-order valence-electron chi connectivity index (χ4n) is 2.56. The fraction of sp³-hybridized carbons (Fsp3) is 0.294. The smallest absolute Gasteiger partial charge is 0.289 e. The van der Waals surface area contributed by atoms with Gasteiger partial charge in [0.15, 0.2) is 5.76 Å². The summed E-state index contributed by atoms with van der Waals surface area (Å²) in [6, 6.07) is 13.0. The first-order chi connectivity index (χ1) is 11.2. The van der Waals surface area contributed by atoms with Gasteiger partial charge in [0.25, 0.3) is 5.91 Å². The standard InChI is InChI=1S/C17H19N3O3/c21-16(13-18-14-5-2-1-3-6-14)19-8-10-20(11-9-19)17(22)15-7-4-12-23-15/h1-7,12,18H,8-11,13H2. The van der Waals surface area contributed by atoms with Crippen LogP contribution in [-0.2, 0) is 4.79 Å². The van der Waals surface area contributed by atoms with Crippen LogP contribution in [0.3, 0.4) is 0 Å². The van der Waals surface area contributed by atoms with Crippen molar-refractivity contribution >= 4 is 17.5 Å².